The van der Waals surface area contributed by atoms with Crippen LogP contribution in [0.25, 0.3) is 0 Å². The highest BCUT2D eigenvalue weighted by Gasteiger charge is 2.40. The van der Waals surface area contributed by atoms with E-state index in [1.807, 2.05) is 12.1 Å². The molecule has 0 aliphatic carbocycles. The Bertz CT molecular complexity index is 1150. The van der Waals surface area contributed by atoms with Crippen LogP contribution in [0.2, 0.25) is 0 Å². The van der Waals surface area contributed by atoms with E-state index in [9.17, 15) is 4.79 Å². The van der Waals surface area contributed by atoms with Crippen molar-refractivity contribution in [2.75, 3.05) is 9.62 Å². The lowest BCUT2D eigenvalue weighted by Gasteiger charge is -2.36. The monoisotopic (exact) mass is 492 g/mol. The van der Waals surface area contributed by atoms with E-state index in [0.717, 1.165) is 11.7 Å². The fourth-order valence-electron chi connectivity index (χ4n) is 5.52. The molecular formula is C33H41BN2O. The van der Waals surface area contributed by atoms with Gasteiger partial charge in [-0.05, 0) is 51.4 Å². The van der Waals surface area contributed by atoms with Crippen molar-refractivity contribution >= 4 is 30.1 Å². The second-order valence-corrected chi connectivity index (χ2v) is 11.5. The van der Waals surface area contributed by atoms with Crippen molar-refractivity contribution in [3.63, 3.8) is 0 Å². The fraction of sp³-hybridized carbons (Fsp3) is 0.364. The van der Waals surface area contributed by atoms with Crippen LogP contribution in [0.15, 0.2) is 73.1 Å². The van der Waals surface area contributed by atoms with E-state index in [-0.39, 0.29) is 6.98 Å². The van der Waals surface area contributed by atoms with Crippen molar-refractivity contribution in [1.29, 1.82) is 0 Å². The molecule has 0 N–H and O–H groups in total. The summed E-state index contributed by atoms with van der Waals surface area (Å²) in [5.74, 6) is 1.57. The predicted molar refractivity (Wildman–Crippen MR) is 161 cm³/mol. The molecule has 37 heavy (non-hydrogen) atoms. The summed E-state index contributed by atoms with van der Waals surface area (Å²) in [7, 11) is 0. The molecule has 0 atom stereocenters. The summed E-state index contributed by atoms with van der Waals surface area (Å²) in [6.07, 6.45) is 5.43. The highest BCUT2D eigenvalue weighted by Crippen LogP contribution is 2.42. The summed E-state index contributed by atoms with van der Waals surface area (Å²) >= 11 is 0. The van der Waals surface area contributed by atoms with Gasteiger partial charge in [0.2, 0.25) is 0 Å². The molecule has 1 heterocycles. The number of carbonyl (C=O) groups excluding carboxylic acids is 1. The molecule has 0 unspecified atom stereocenters. The molecule has 0 aromatic heterocycles. The average Bonchev–Trinajstić information content (AvgIpc) is 3.32. The van der Waals surface area contributed by atoms with Crippen LogP contribution in [0, 0.1) is 0 Å². The van der Waals surface area contributed by atoms with Crippen molar-refractivity contribution in [2.45, 2.75) is 79.1 Å². The van der Waals surface area contributed by atoms with E-state index < -0.39 is 0 Å². The standard InChI is InChI=1S/C33H41BN2O/c1-22(2)28-11-9-12-29(23(3)4)32(28)35-19-20-36(34(35)27-17-15-26(21-37)16-18-27)33-30(24(5)6)13-10-14-31(33)25(7)8/h9-25H,1-8H3. The van der Waals surface area contributed by atoms with Gasteiger partial charge in [0.15, 0.2) is 0 Å². The molecule has 3 aromatic rings. The van der Waals surface area contributed by atoms with E-state index in [0.29, 0.717) is 29.2 Å². The van der Waals surface area contributed by atoms with Crippen LogP contribution in [-0.2, 0) is 0 Å². The Kier molecular flexibility index (Phi) is 7.97. The summed E-state index contributed by atoms with van der Waals surface area (Å²) in [6, 6.07) is 21.6. The predicted octanol–water partition coefficient (Wildman–Crippen LogP) is 8.19. The number of para-hydroxylation sites is 2. The largest absolute Gasteiger partial charge is 0.419 e. The maximum absolute atomic E-state index is 11.5. The van der Waals surface area contributed by atoms with Gasteiger partial charge in [-0.25, -0.2) is 0 Å². The smallest absolute Gasteiger partial charge is 0.366 e. The molecule has 4 heteroatoms. The number of anilines is 2. The first-order valence-corrected chi connectivity index (χ1v) is 13.7. The number of rotatable bonds is 8. The zero-order valence-electron chi connectivity index (χ0n) is 23.7. The topological polar surface area (TPSA) is 23.6 Å². The second-order valence-electron chi connectivity index (χ2n) is 11.5. The molecule has 3 aromatic carbocycles. The minimum absolute atomic E-state index is 0.0597. The lowest BCUT2D eigenvalue weighted by atomic mass is 9.63. The molecule has 0 fully saturated rings. The van der Waals surface area contributed by atoms with Crippen molar-refractivity contribution in [3.05, 3.63) is 101 Å². The van der Waals surface area contributed by atoms with Gasteiger partial charge in [-0.1, -0.05) is 116 Å². The quantitative estimate of drug-likeness (QED) is 0.234. The summed E-state index contributed by atoms with van der Waals surface area (Å²) in [4.78, 5) is 16.4. The second kappa shape index (κ2) is 11.0. The molecule has 4 rings (SSSR count). The van der Waals surface area contributed by atoms with Crippen molar-refractivity contribution in [1.82, 2.24) is 0 Å². The Labute approximate surface area is 224 Å². The molecule has 0 spiro atoms. The lowest BCUT2D eigenvalue weighted by Crippen LogP contribution is -2.54. The highest BCUT2D eigenvalue weighted by molar-refractivity contribution is 6.81. The van der Waals surface area contributed by atoms with Crippen LogP contribution in [0.3, 0.4) is 0 Å². The maximum atomic E-state index is 11.5. The number of carbonyl (C=O) groups is 1. The zero-order chi connectivity index (χ0) is 26.9. The van der Waals surface area contributed by atoms with Crippen LogP contribution in [0.5, 0.6) is 0 Å². The van der Waals surface area contributed by atoms with E-state index in [4.69, 9.17) is 0 Å². The summed E-state index contributed by atoms with van der Waals surface area (Å²) < 4.78 is 0. The van der Waals surface area contributed by atoms with E-state index in [2.05, 4.69) is 126 Å². The van der Waals surface area contributed by atoms with Crippen LogP contribution in [0.4, 0.5) is 11.4 Å². The van der Waals surface area contributed by atoms with Gasteiger partial charge in [0.1, 0.15) is 6.29 Å². The molecule has 3 nitrogen and oxygen atoms in total. The van der Waals surface area contributed by atoms with Crippen LogP contribution in [-0.4, -0.2) is 13.3 Å². The van der Waals surface area contributed by atoms with Gasteiger partial charge >= 0.3 is 6.98 Å². The third kappa shape index (κ3) is 5.12. The number of hydrogen-bond donors (Lipinski definition) is 0. The fourth-order valence-corrected chi connectivity index (χ4v) is 5.52. The van der Waals surface area contributed by atoms with Gasteiger partial charge in [0, 0.05) is 29.3 Å². The van der Waals surface area contributed by atoms with Crippen molar-refractivity contribution in [2.24, 2.45) is 0 Å². The average molecular weight is 493 g/mol. The first-order valence-electron chi connectivity index (χ1n) is 13.7. The van der Waals surface area contributed by atoms with Crippen LogP contribution >= 0.6 is 0 Å². The Morgan fingerprint density at radius 1 is 0.568 bits per heavy atom. The Morgan fingerprint density at radius 3 is 1.22 bits per heavy atom. The van der Waals surface area contributed by atoms with Gasteiger partial charge in [0.05, 0.1) is 0 Å². The maximum Gasteiger partial charge on any atom is 0.419 e. The first-order chi connectivity index (χ1) is 17.6. The Morgan fingerprint density at radius 2 is 0.919 bits per heavy atom. The molecule has 0 bridgehead atoms. The molecule has 0 saturated carbocycles. The molecule has 0 radical (unpaired) electrons. The minimum atomic E-state index is -0.0597. The zero-order valence-corrected chi connectivity index (χ0v) is 23.7. The third-order valence-corrected chi connectivity index (χ3v) is 7.49. The number of hydrogen-bond acceptors (Lipinski definition) is 3. The lowest BCUT2D eigenvalue weighted by molar-refractivity contribution is 0.112. The highest BCUT2D eigenvalue weighted by atomic mass is 16.1. The minimum Gasteiger partial charge on any atom is -0.366 e. The molecule has 192 valence electrons. The van der Waals surface area contributed by atoms with Crippen LogP contribution < -0.4 is 15.1 Å². The van der Waals surface area contributed by atoms with E-state index >= 15 is 0 Å². The molecule has 0 amide bonds. The van der Waals surface area contributed by atoms with Gasteiger partial charge in [-0.15, -0.1) is 0 Å². The summed E-state index contributed by atoms with van der Waals surface area (Å²) in [5, 5.41) is 0. The third-order valence-electron chi connectivity index (χ3n) is 7.49. The number of benzene rings is 3. The van der Waals surface area contributed by atoms with E-state index in [1.165, 1.54) is 33.6 Å². The normalized spacial score (nSPS) is 13.7. The molecule has 1 aliphatic heterocycles. The summed E-state index contributed by atoms with van der Waals surface area (Å²) in [5.41, 5.74) is 9.87. The van der Waals surface area contributed by atoms with Gasteiger partial charge < -0.3 is 9.62 Å². The van der Waals surface area contributed by atoms with Crippen molar-refractivity contribution in [3.8, 4) is 0 Å². The van der Waals surface area contributed by atoms with Gasteiger partial charge in [0.25, 0.3) is 0 Å². The Balaban J connectivity index is 1.99. The van der Waals surface area contributed by atoms with Crippen molar-refractivity contribution < 1.29 is 4.79 Å². The number of aldehydes is 1. The first kappa shape index (κ1) is 26.8. The molecular weight excluding hydrogens is 451 g/mol. The van der Waals surface area contributed by atoms with Crippen LogP contribution in [0.1, 0.15) is 112 Å². The van der Waals surface area contributed by atoms with Gasteiger partial charge in [-0.2, -0.15) is 0 Å². The number of nitrogens with zero attached hydrogens (tertiary/aromatic N) is 2. The van der Waals surface area contributed by atoms with E-state index in [1.54, 1.807) is 0 Å². The molecule has 1 aliphatic rings. The molecule has 0 saturated heterocycles. The Hall–Kier alpha value is -3.27. The SMILES string of the molecule is CC(C)c1cccc(C(C)C)c1N1C=CN(c2c(C(C)C)cccc2C(C)C)B1c1ccc(C=O)cc1. The summed E-state index contributed by atoms with van der Waals surface area (Å²) in [6.45, 7) is 18.2. The van der Waals surface area contributed by atoms with Gasteiger partial charge in [-0.3, -0.25) is 4.79 Å².